The summed E-state index contributed by atoms with van der Waals surface area (Å²) in [4.78, 5) is 22.2. The molecule has 0 spiro atoms. The van der Waals surface area contributed by atoms with Crippen LogP contribution in [0, 0.1) is 0 Å². The maximum Gasteiger partial charge on any atom is 0.425 e. The average Bonchev–Trinajstić information content (AvgIpc) is 2.35. The monoisotopic (exact) mass is 265 g/mol. The average molecular weight is 265 g/mol. The molecule has 0 saturated heterocycles. The third kappa shape index (κ3) is 4.87. The van der Waals surface area contributed by atoms with E-state index in [1.807, 2.05) is 12.1 Å². The highest BCUT2D eigenvalue weighted by Crippen LogP contribution is 2.23. The molecule has 6 heteroatoms. The van der Waals surface area contributed by atoms with E-state index in [1.54, 1.807) is 12.1 Å². The first-order valence-electron chi connectivity index (χ1n) is 5.84. The van der Waals surface area contributed by atoms with Gasteiger partial charge in [0.15, 0.2) is 0 Å². The lowest BCUT2D eigenvalue weighted by Gasteiger charge is -2.19. The van der Waals surface area contributed by atoms with Crippen LogP contribution in [-0.2, 0) is 10.2 Å². The van der Waals surface area contributed by atoms with E-state index in [-0.39, 0.29) is 5.41 Å². The minimum atomic E-state index is -0.738. The molecule has 0 bridgehead atoms. The van der Waals surface area contributed by atoms with E-state index in [1.165, 1.54) is 12.7 Å². The van der Waals surface area contributed by atoms with Gasteiger partial charge in [0, 0.05) is 5.69 Å². The number of carbonyl (C=O) groups is 2. The molecule has 0 radical (unpaired) electrons. The van der Waals surface area contributed by atoms with Crippen LogP contribution in [-0.4, -0.2) is 19.2 Å². The van der Waals surface area contributed by atoms with Crippen molar-refractivity contribution in [1.82, 2.24) is 10.9 Å². The van der Waals surface area contributed by atoms with Crippen LogP contribution in [0.15, 0.2) is 24.3 Å². The summed E-state index contributed by atoms with van der Waals surface area (Å²) in [6, 6.07) is 6.96. The van der Waals surface area contributed by atoms with Crippen molar-refractivity contribution in [3.05, 3.63) is 29.8 Å². The van der Waals surface area contributed by atoms with Gasteiger partial charge in [-0.1, -0.05) is 32.9 Å². The number of carbonyl (C=O) groups excluding carboxylic acids is 2. The second-order valence-corrected chi connectivity index (χ2v) is 5.02. The van der Waals surface area contributed by atoms with Crippen molar-refractivity contribution in [1.29, 1.82) is 0 Å². The number of amides is 3. The molecule has 0 heterocycles. The molecule has 0 atom stereocenters. The first-order chi connectivity index (χ1) is 8.82. The molecule has 3 amide bonds. The molecule has 19 heavy (non-hydrogen) atoms. The van der Waals surface area contributed by atoms with Gasteiger partial charge in [-0.3, -0.25) is 0 Å². The largest absolute Gasteiger partial charge is 0.452 e. The number of methoxy groups -OCH3 is 1. The maximum atomic E-state index is 11.4. The van der Waals surface area contributed by atoms with E-state index in [0.717, 1.165) is 0 Å². The zero-order valence-electron chi connectivity index (χ0n) is 11.5. The molecule has 3 N–H and O–H groups in total. The number of ether oxygens (including phenoxy) is 1. The molecule has 0 aliphatic heterocycles. The van der Waals surface area contributed by atoms with Crippen molar-refractivity contribution in [2.45, 2.75) is 26.2 Å². The summed E-state index contributed by atoms with van der Waals surface area (Å²) >= 11 is 0. The van der Waals surface area contributed by atoms with Gasteiger partial charge in [-0.2, -0.15) is 0 Å². The summed E-state index contributed by atoms with van der Waals surface area (Å²) in [5, 5.41) is 2.58. The quantitative estimate of drug-likeness (QED) is 0.682. The molecule has 0 aliphatic rings. The minimum Gasteiger partial charge on any atom is -0.452 e. The molecule has 1 aromatic rings. The van der Waals surface area contributed by atoms with Gasteiger partial charge >= 0.3 is 12.1 Å². The molecule has 0 unspecified atom stereocenters. The second kappa shape index (κ2) is 6.08. The lowest BCUT2D eigenvalue weighted by atomic mass is 9.87. The summed E-state index contributed by atoms with van der Waals surface area (Å²) in [5.41, 5.74) is 6.09. The van der Waals surface area contributed by atoms with Crippen LogP contribution in [0.1, 0.15) is 26.3 Å². The summed E-state index contributed by atoms with van der Waals surface area (Å²) in [5.74, 6) is 0. The summed E-state index contributed by atoms with van der Waals surface area (Å²) in [6.45, 7) is 6.34. The van der Waals surface area contributed by atoms with Crippen molar-refractivity contribution < 1.29 is 14.3 Å². The predicted octanol–water partition coefficient (Wildman–Crippen LogP) is 2.38. The van der Waals surface area contributed by atoms with E-state index < -0.39 is 12.1 Å². The smallest absolute Gasteiger partial charge is 0.425 e. The van der Waals surface area contributed by atoms with Crippen molar-refractivity contribution in [3.63, 3.8) is 0 Å². The Morgan fingerprint density at radius 3 is 2.11 bits per heavy atom. The molecule has 0 aliphatic carbocycles. The zero-order chi connectivity index (χ0) is 14.5. The number of benzene rings is 1. The highest BCUT2D eigenvalue weighted by atomic mass is 16.5. The zero-order valence-corrected chi connectivity index (χ0v) is 11.5. The minimum absolute atomic E-state index is 0.0627. The van der Waals surface area contributed by atoms with Crippen molar-refractivity contribution >= 4 is 17.8 Å². The number of hydrazine groups is 1. The molecule has 104 valence electrons. The molecule has 6 nitrogen and oxygen atoms in total. The van der Waals surface area contributed by atoms with Crippen LogP contribution in [0.5, 0.6) is 0 Å². The Morgan fingerprint density at radius 1 is 1.05 bits per heavy atom. The topological polar surface area (TPSA) is 79.5 Å². The van der Waals surface area contributed by atoms with Gasteiger partial charge in [0.25, 0.3) is 0 Å². The van der Waals surface area contributed by atoms with Gasteiger partial charge < -0.3 is 10.1 Å². The van der Waals surface area contributed by atoms with Crippen LogP contribution in [0.2, 0.25) is 0 Å². The molecular weight excluding hydrogens is 246 g/mol. The Morgan fingerprint density at radius 2 is 1.63 bits per heavy atom. The Hall–Kier alpha value is -2.24. The van der Waals surface area contributed by atoms with Gasteiger partial charge in [-0.05, 0) is 23.1 Å². The number of hydrogen-bond donors (Lipinski definition) is 3. The lowest BCUT2D eigenvalue weighted by molar-refractivity contribution is 0.166. The van der Waals surface area contributed by atoms with Crippen LogP contribution in [0.3, 0.4) is 0 Å². The Labute approximate surface area is 112 Å². The second-order valence-electron chi connectivity index (χ2n) is 5.02. The van der Waals surface area contributed by atoms with Crippen LogP contribution < -0.4 is 16.2 Å². The Balaban J connectivity index is 2.54. The summed E-state index contributed by atoms with van der Waals surface area (Å²) in [7, 11) is 1.21. The standard InChI is InChI=1S/C13H19N3O3/c1-13(2,3)9-5-7-10(8-6-9)14-11(17)15-16-12(18)19-4/h5-8H,1-4H3,(H,16,18)(H2,14,15,17). The fourth-order valence-corrected chi connectivity index (χ4v) is 1.37. The first-order valence-corrected chi connectivity index (χ1v) is 5.84. The van der Waals surface area contributed by atoms with E-state index in [9.17, 15) is 9.59 Å². The first kappa shape index (κ1) is 14.8. The van der Waals surface area contributed by atoms with Gasteiger partial charge in [0.05, 0.1) is 7.11 Å². The van der Waals surface area contributed by atoms with Gasteiger partial charge in [0.1, 0.15) is 0 Å². The fraction of sp³-hybridized carbons (Fsp3) is 0.385. The maximum absolute atomic E-state index is 11.4. The highest BCUT2D eigenvalue weighted by molar-refractivity contribution is 5.90. The van der Waals surface area contributed by atoms with Gasteiger partial charge in [-0.15, -0.1) is 0 Å². The number of anilines is 1. The third-order valence-corrected chi connectivity index (χ3v) is 2.47. The Bertz CT molecular complexity index is 449. The SMILES string of the molecule is COC(=O)NNC(=O)Nc1ccc(C(C)(C)C)cc1. The van der Waals surface area contributed by atoms with Crippen LogP contribution in [0.25, 0.3) is 0 Å². The van der Waals surface area contributed by atoms with E-state index in [2.05, 4.69) is 41.7 Å². The lowest BCUT2D eigenvalue weighted by Crippen LogP contribution is -2.43. The third-order valence-electron chi connectivity index (χ3n) is 2.47. The van der Waals surface area contributed by atoms with E-state index in [0.29, 0.717) is 5.69 Å². The van der Waals surface area contributed by atoms with E-state index in [4.69, 9.17) is 0 Å². The van der Waals surface area contributed by atoms with Crippen molar-refractivity contribution in [2.75, 3.05) is 12.4 Å². The molecule has 0 aromatic heterocycles. The highest BCUT2D eigenvalue weighted by Gasteiger charge is 2.13. The van der Waals surface area contributed by atoms with Crippen molar-refractivity contribution in [2.24, 2.45) is 0 Å². The van der Waals surface area contributed by atoms with Gasteiger partial charge in [0.2, 0.25) is 0 Å². The van der Waals surface area contributed by atoms with Crippen LogP contribution in [0.4, 0.5) is 15.3 Å². The van der Waals surface area contributed by atoms with Crippen LogP contribution >= 0.6 is 0 Å². The predicted molar refractivity (Wildman–Crippen MR) is 72.8 cm³/mol. The molecule has 0 saturated carbocycles. The van der Waals surface area contributed by atoms with E-state index >= 15 is 0 Å². The molecular formula is C13H19N3O3. The Kier molecular flexibility index (Phi) is 4.74. The fourth-order valence-electron chi connectivity index (χ4n) is 1.37. The summed E-state index contributed by atoms with van der Waals surface area (Å²) < 4.78 is 4.31. The molecule has 1 aromatic carbocycles. The molecule has 1 rings (SSSR count). The summed E-state index contributed by atoms with van der Waals surface area (Å²) in [6.07, 6.45) is -0.738. The number of urea groups is 1. The number of nitrogens with one attached hydrogen (secondary N) is 3. The molecule has 0 fully saturated rings. The normalized spacial score (nSPS) is 10.5. The van der Waals surface area contributed by atoms with Gasteiger partial charge in [-0.25, -0.2) is 20.4 Å². The number of rotatable bonds is 1. The number of hydrogen-bond acceptors (Lipinski definition) is 3. The van der Waals surface area contributed by atoms with Crippen molar-refractivity contribution in [3.8, 4) is 0 Å².